The second-order valence-corrected chi connectivity index (χ2v) is 7.56. The van der Waals surface area contributed by atoms with E-state index in [1.165, 1.54) is 6.92 Å². The van der Waals surface area contributed by atoms with Crippen molar-refractivity contribution in [2.75, 3.05) is 6.61 Å². The molecule has 2 heterocycles. The van der Waals surface area contributed by atoms with E-state index in [2.05, 4.69) is 12.2 Å². The van der Waals surface area contributed by atoms with Gasteiger partial charge in [-0.2, -0.15) is 0 Å². The van der Waals surface area contributed by atoms with E-state index in [1.807, 2.05) is 54.6 Å². The van der Waals surface area contributed by atoms with Gasteiger partial charge in [0.2, 0.25) is 12.2 Å². The van der Waals surface area contributed by atoms with Gasteiger partial charge in [-0.15, -0.1) is 0 Å². The highest BCUT2D eigenvalue weighted by Crippen LogP contribution is 2.34. The first kappa shape index (κ1) is 20.8. The van der Waals surface area contributed by atoms with E-state index in [4.69, 9.17) is 18.9 Å². The van der Waals surface area contributed by atoms with Crippen molar-refractivity contribution in [3.8, 4) is 5.75 Å². The molecule has 30 heavy (non-hydrogen) atoms. The fourth-order valence-corrected chi connectivity index (χ4v) is 3.83. The summed E-state index contributed by atoms with van der Waals surface area (Å²) in [4.78, 5) is 11.8. The Kier molecular flexibility index (Phi) is 6.34. The van der Waals surface area contributed by atoms with Crippen LogP contribution in [0.2, 0.25) is 0 Å². The Morgan fingerprint density at radius 3 is 2.70 bits per heavy atom. The van der Waals surface area contributed by atoms with Gasteiger partial charge in [-0.05, 0) is 24.1 Å². The monoisotopic (exact) mass is 413 g/mol. The number of carbonyl (C=O) groups is 1. The lowest BCUT2D eigenvalue weighted by atomic mass is 9.95. The summed E-state index contributed by atoms with van der Waals surface area (Å²) in [5.41, 5.74) is 1.97. The molecule has 0 aliphatic carbocycles. The molecule has 7 nitrogen and oxygen atoms in total. The highest BCUT2D eigenvalue weighted by atomic mass is 16.7. The number of benzene rings is 2. The average molecular weight is 413 g/mol. The zero-order valence-electron chi connectivity index (χ0n) is 17.1. The molecule has 2 N–H and O–H groups in total. The number of aliphatic hydroxyl groups excluding tert-OH is 1. The summed E-state index contributed by atoms with van der Waals surface area (Å²) in [6.45, 7) is 3.69. The fourth-order valence-electron chi connectivity index (χ4n) is 3.83. The Labute approximate surface area is 175 Å². The highest BCUT2D eigenvalue weighted by Gasteiger charge is 2.50. The van der Waals surface area contributed by atoms with Crippen LogP contribution in [0.3, 0.4) is 0 Å². The van der Waals surface area contributed by atoms with E-state index in [-0.39, 0.29) is 12.5 Å². The van der Waals surface area contributed by atoms with Crippen molar-refractivity contribution >= 4 is 5.91 Å². The van der Waals surface area contributed by atoms with Gasteiger partial charge in [0.15, 0.2) is 6.29 Å². The number of ether oxygens (including phenoxy) is 4. The van der Waals surface area contributed by atoms with Crippen molar-refractivity contribution in [1.82, 2.24) is 5.32 Å². The summed E-state index contributed by atoms with van der Waals surface area (Å²) >= 11 is 0. The van der Waals surface area contributed by atoms with Crippen molar-refractivity contribution in [3.63, 3.8) is 0 Å². The number of amides is 1. The molecule has 2 aliphatic rings. The molecule has 4 rings (SSSR count). The van der Waals surface area contributed by atoms with Crippen LogP contribution >= 0.6 is 0 Å². The van der Waals surface area contributed by atoms with E-state index < -0.39 is 36.9 Å². The molecule has 2 aromatic rings. The first-order valence-electron chi connectivity index (χ1n) is 10.2. The van der Waals surface area contributed by atoms with Crippen LogP contribution in [0.4, 0.5) is 0 Å². The lowest BCUT2D eigenvalue weighted by molar-refractivity contribution is -0.333. The molecule has 6 atom stereocenters. The Morgan fingerprint density at radius 1 is 1.17 bits per heavy atom. The predicted molar refractivity (Wildman–Crippen MR) is 109 cm³/mol. The first-order valence-corrected chi connectivity index (χ1v) is 10.2. The van der Waals surface area contributed by atoms with Crippen LogP contribution in [0.5, 0.6) is 5.75 Å². The summed E-state index contributed by atoms with van der Waals surface area (Å²) in [5, 5.41) is 13.8. The van der Waals surface area contributed by atoms with E-state index in [9.17, 15) is 9.90 Å². The number of carbonyl (C=O) groups excluding carboxylic acids is 1. The zero-order valence-corrected chi connectivity index (χ0v) is 17.1. The van der Waals surface area contributed by atoms with Crippen LogP contribution in [-0.4, -0.2) is 48.3 Å². The van der Waals surface area contributed by atoms with Crippen LogP contribution < -0.4 is 10.1 Å². The van der Waals surface area contributed by atoms with Crippen molar-refractivity contribution in [2.45, 2.75) is 57.2 Å². The lowest BCUT2D eigenvalue weighted by Crippen LogP contribution is -2.67. The normalized spacial score (nSPS) is 30.9. The Bertz CT molecular complexity index is 860. The number of hydrogen-bond donors (Lipinski definition) is 2. The lowest BCUT2D eigenvalue weighted by Gasteiger charge is -2.47. The molecule has 2 saturated heterocycles. The third kappa shape index (κ3) is 4.49. The summed E-state index contributed by atoms with van der Waals surface area (Å²) < 4.78 is 24.0. The standard InChI is InChI=1S/C23H27NO6/c1-3-15-8-7-11-17(12-15)28-23-19(24-14(2)25)20(26)21-18(29-23)13-27-22(30-21)16-9-5-4-6-10-16/h4-12,18-23,26H,3,13H2,1-2H3,(H,24,25)/t18-,19-,20-,21-,22+,23-/m1/s1. The van der Waals surface area contributed by atoms with Gasteiger partial charge in [-0.3, -0.25) is 4.79 Å². The third-order valence-electron chi connectivity index (χ3n) is 5.37. The van der Waals surface area contributed by atoms with Gasteiger partial charge in [0.25, 0.3) is 0 Å². The molecular formula is C23H27NO6. The minimum Gasteiger partial charge on any atom is -0.463 e. The van der Waals surface area contributed by atoms with Gasteiger partial charge in [0.1, 0.15) is 30.1 Å². The number of fused-ring (bicyclic) bond motifs is 1. The quantitative estimate of drug-likeness (QED) is 0.783. The number of aryl methyl sites for hydroxylation is 1. The topological polar surface area (TPSA) is 86.2 Å². The Balaban J connectivity index is 1.53. The minimum atomic E-state index is -1.03. The van der Waals surface area contributed by atoms with Crippen LogP contribution in [-0.2, 0) is 25.4 Å². The summed E-state index contributed by atoms with van der Waals surface area (Å²) in [7, 11) is 0. The van der Waals surface area contributed by atoms with Crippen molar-refractivity contribution in [3.05, 3.63) is 65.7 Å². The predicted octanol–water partition coefficient (Wildman–Crippen LogP) is 2.33. The van der Waals surface area contributed by atoms with Crippen LogP contribution in [0.1, 0.15) is 31.3 Å². The maximum absolute atomic E-state index is 11.8. The molecule has 0 saturated carbocycles. The molecule has 2 fully saturated rings. The van der Waals surface area contributed by atoms with Gasteiger partial charge in [0, 0.05) is 12.5 Å². The van der Waals surface area contributed by atoms with Crippen molar-refractivity contribution < 1.29 is 28.8 Å². The number of hydrogen-bond acceptors (Lipinski definition) is 6. The smallest absolute Gasteiger partial charge is 0.223 e. The molecule has 2 aromatic carbocycles. The minimum absolute atomic E-state index is 0.239. The van der Waals surface area contributed by atoms with Gasteiger partial charge >= 0.3 is 0 Å². The molecule has 0 radical (unpaired) electrons. The average Bonchev–Trinajstić information content (AvgIpc) is 2.77. The first-order chi connectivity index (χ1) is 14.5. The summed E-state index contributed by atoms with van der Waals surface area (Å²) in [6.07, 6.45) is -2.83. The second-order valence-electron chi connectivity index (χ2n) is 7.56. The van der Waals surface area contributed by atoms with Crippen LogP contribution in [0.25, 0.3) is 0 Å². The maximum atomic E-state index is 11.8. The van der Waals surface area contributed by atoms with Crippen molar-refractivity contribution in [2.24, 2.45) is 0 Å². The maximum Gasteiger partial charge on any atom is 0.223 e. The molecule has 0 bridgehead atoms. The van der Waals surface area contributed by atoms with E-state index in [1.54, 1.807) is 0 Å². The van der Waals surface area contributed by atoms with Crippen LogP contribution in [0, 0.1) is 0 Å². The van der Waals surface area contributed by atoms with Gasteiger partial charge in [-0.1, -0.05) is 49.4 Å². The third-order valence-corrected chi connectivity index (χ3v) is 5.37. The van der Waals surface area contributed by atoms with Gasteiger partial charge in [-0.25, -0.2) is 0 Å². The van der Waals surface area contributed by atoms with Crippen LogP contribution in [0.15, 0.2) is 54.6 Å². The molecule has 0 aromatic heterocycles. The fraction of sp³-hybridized carbons (Fsp3) is 0.435. The summed E-state index contributed by atoms with van der Waals surface area (Å²) in [5.74, 6) is 0.323. The highest BCUT2D eigenvalue weighted by molar-refractivity contribution is 5.73. The Morgan fingerprint density at radius 2 is 1.97 bits per heavy atom. The molecule has 2 aliphatic heterocycles. The molecule has 7 heteroatoms. The van der Waals surface area contributed by atoms with Gasteiger partial charge < -0.3 is 29.4 Å². The van der Waals surface area contributed by atoms with E-state index in [0.717, 1.165) is 17.5 Å². The van der Waals surface area contributed by atoms with E-state index in [0.29, 0.717) is 5.75 Å². The second kappa shape index (κ2) is 9.14. The molecule has 0 spiro atoms. The largest absolute Gasteiger partial charge is 0.463 e. The van der Waals surface area contributed by atoms with E-state index >= 15 is 0 Å². The van der Waals surface area contributed by atoms with Crippen molar-refractivity contribution in [1.29, 1.82) is 0 Å². The molecule has 1 amide bonds. The van der Waals surface area contributed by atoms with Gasteiger partial charge in [0.05, 0.1) is 6.61 Å². The molecular weight excluding hydrogens is 386 g/mol. The number of nitrogens with one attached hydrogen (secondary N) is 1. The summed E-state index contributed by atoms with van der Waals surface area (Å²) in [6, 6.07) is 16.4. The number of rotatable bonds is 5. The number of aliphatic hydroxyl groups is 1. The SMILES string of the molecule is CCc1cccc(O[C@@H]2O[C@@H]3CO[C@H](c4ccccc4)O[C@H]3[C@H](O)[C@H]2NC(C)=O)c1. The Hall–Kier alpha value is -2.45. The molecule has 160 valence electrons. The molecule has 0 unspecified atom stereocenters. The zero-order chi connectivity index (χ0) is 21.1.